The molecule has 1 N–H and O–H groups in total. The van der Waals surface area contributed by atoms with Gasteiger partial charge in [0.15, 0.2) is 0 Å². The zero-order chi connectivity index (χ0) is 13.0. The number of halogens is 1. The van der Waals surface area contributed by atoms with Crippen molar-refractivity contribution in [2.75, 3.05) is 13.6 Å². The molecule has 1 atom stereocenters. The summed E-state index contributed by atoms with van der Waals surface area (Å²) in [6, 6.07) is 5.38. The van der Waals surface area contributed by atoms with E-state index in [1.54, 1.807) is 19.1 Å². The van der Waals surface area contributed by atoms with Gasteiger partial charge in [0.25, 0.3) is 0 Å². The lowest BCUT2D eigenvalue weighted by molar-refractivity contribution is 0.141. The minimum Gasteiger partial charge on any atom is -0.388 e. The third-order valence-electron chi connectivity index (χ3n) is 3.22. The molecule has 0 radical (unpaired) electrons. The summed E-state index contributed by atoms with van der Waals surface area (Å²) in [4.78, 5) is 2.16. The van der Waals surface area contributed by atoms with E-state index >= 15 is 0 Å². The van der Waals surface area contributed by atoms with Crippen molar-refractivity contribution in [3.63, 3.8) is 0 Å². The van der Waals surface area contributed by atoms with Crippen LogP contribution in [0.25, 0.3) is 0 Å². The number of hydrogen-bond acceptors (Lipinski definition) is 2. The number of hydrogen-bond donors (Lipinski definition) is 1. The number of benzene rings is 1. The maximum Gasteiger partial charge on any atom is 0.126 e. The van der Waals surface area contributed by atoms with E-state index in [0.717, 1.165) is 6.54 Å². The lowest BCUT2D eigenvalue weighted by Crippen LogP contribution is -2.28. The van der Waals surface area contributed by atoms with Crippen LogP contribution in [0.4, 0.5) is 4.39 Å². The quantitative estimate of drug-likeness (QED) is 0.854. The van der Waals surface area contributed by atoms with Gasteiger partial charge in [0, 0.05) is 12.6 Å². The first kappa shape index (κ1) is 14.1. The smallest absolute Gasteiger partial charge is 0.126 e. The van der Waals surface area contributed by atoms with Crippen LogP contribution in [0.15, 0.2) is 18.2 Å². The number of aryl methyl sites for hydroxylation is 1. The van der Waals surface area contributed by atoms with Crippen LogP contribution in [-0.2, 0) is 0 Å². The summed E-state index contributed by atoms with van der Waals surface area (Å²) in [6.07, 6.45) is 0.0308. The fourth-order valence-electron chi connectivity index (χ4n) is 1.57. The molecule has 3 heteroatoms. The predicted octanol–water partition coefficient (Wildman–Crippen LogP) is 2.90. The molecule has 1 rings (SSSR count). The highest BCUT2D eigenvalue weighted by molar-refractivity contribution is 5.24. The third kappa shape index (κ3) is 4.10. The molecular formula is C14H22FNO. The first-order valence-corrected chi connectivity index (χ1v) is 6.06. The van der Waals surface area contributed by atoms with Gasteiger partial charge in [-0.2, -0.15) is 0 Å². The first-order valence-electron chi connectivity index (χ1n) is 6.06. The van der Waals surface area contributed by atoms with E-state index in [0.29, 0.717) is 23.6 Å². The molecule has 0 fully saturated rings. The Morgan fingerprint density at radius 2 is 2.00 bits per heavy atom. The van der Waals surface area contributed by atoms with Crippen LogP contribution in [0.2, 0.25) is 0 Å². The van der Waals surface area contributed by atoms with Gasteiger partial charge in [-0.25, -0.2) is 4.39 Å². The van der Waals surface area contributed by atoms with Crippen LogP contribution >= 0.6 is 0 Å². The highest BCUT2D eigenvalue weighted by Gasteiger charge is 2.11. The zero-order valence-corrected chi connectivity index (χ0v) is 11.1. The summed E-state index contributed by atoms with van der Waals surface area (Å²) in [5, 5.41) is 9.97. The summed E-state index contributed by atoms with van der Waals surface area (Å²) in [5.41, 5.74) is 1.27. The molecule has 1 aromatic rings. The van der Waals surface area contributed by atoms with Gasteiger partial charge in [0.05, 0.1) is 6.10 Å². The van der Waals surface area contributed by atoms with Gasteiger partial charge in [-0.15, -0.1) is 0 Å². The van der Waals surface area contributed by atoms with Gasteiger partial charge < -0.3 is 10.0 Å². The summed E-state index contributed by atoms with van der Waals surface area (Å²) in [7, 11) is 2.02. The molecule has 1 aromatic carbocycles. The summed E-state index contributed by atoms with van der Waals surface area (Å²) < 4.78 is 13.3. The van der Waals surface area contributed by atoms with Crippen LogP contribution in [0.1, 0.15) is 37.5 Å². The Morgan fingerprint density at radius 1 is 1.35 bits per heavy atom. The van der Waals surface area contributed by atoms with Crippen molar-refractivity contribution < 1.29 is 9.50 Å². The van der Waals surface area contributed by atoms with Crippen molar-refractivity contribution in [2.24, 2.45) is 0 Å². The van der Waals surface area contributed by atoms with Gasteiger partial charge in [-0.3, -0.25) is 0 Å². The van der Waals surface area contributed by atoms with E-state index in [1.165, 1.54) is 6.07 Å². The van der Waals surface area contributed by atoms with Gasteiger partial charge in [0.2, 0.25) is 0 Å². The number of nitrogens with zero attached hydrogens (tertiary/aromatic N) is 1. The minimum absolute atomic E-state index is 0.251. The van der Waals surface area contributed by atoms with E-state index in [1.807, 2.05) is 7.05 Å². The second-order valence-electron chi connectivity index (χ2n) is 4.89. The Labute approximate surface area is 103 Å². The summed E-state index contributed by atoms with van der Waals surface area (Å²) in [6.45, 7) is 6.74. The molecule has 0 aliphatic carbocycles. The van der Waals surface area contributed by atoms with Crippen molar-refractivity contribution in [1.29, 1.82) is 0 Å². The second-order valence-corrected chi connectivity index (χ2v) is 4.89. The number of aliphatic hydroxyl groups excluding tert-OH is 1. The van der Waals surface area contributed by atoms with Gasteiger partial charge in [-0.1, -0.05) is 12.1 Å². The Morgan fingerprint density at radius 3 is 2.53 bits per heavy atom. The normalized spacial score (nSPS) is 13.4. The molecule has 2 nitrogen and oxygen atoms in total. The maximum atomic E-state index is 13.3. The molecule has 0 aromatic heterocycles. The Balaban J connectivity index is 2.58. The average molecular weight is 239 g/mol. The topological polar surface area (TPSA) is 23.5 Å². The summed E-state index contributed by atoms with van der Waals surface area (Å²) in [5.74, 6) is -0.251. The van der Waals surface area contributed by atoms with E-state index in [9.17, 15) is 9.50 Å². The molecule has 96 valence electrons. The Kier molecular flexibility index (Phi) is 5.09. The fraction of sp³-hybridized carbons (Fsp3) is 0.571. The molecule has 0 amide bonds. The van der Waals surface area contributed by atoms with E-state index < -0.39 is 6.10 Å². The molecule has 0 spiro atoms. The van der Waals surface area contributed by atoms with Gasteiger partial charge in [0.1, 0.15) is 5.82 Å². The first-order chi connectivity index (χ1) is 7.91. The van der Waals surface area contributed by atoms with Crippen molar-refractivity contribution in [2.45, 2.75) is 39.3 Å². The zero-order valence-electron chi connectivity index (χ0n) is 11.1. The van der Waals surface area contributed by atoms with Crippen LogP contribution in [-0.4, -0.2) is 29.6 Å². The SMILES string of the molecule is Cc1ccc(C(O)CCN(C)C(C)C)cc1F. The number of rotatable bonds is 5. The Bertz CT molecular complexity index is 365. The third-order valence-corrected chi connectivity index (χ3v) is 3.22. The maximum absolute atomic E-state index is 13.3. The largest absolute Gasteiger partial charge is 0.388 e. The van der Waals surface area contributed by atoms with Crippen molar-refractivity contribution >= 4 is 0 Å². The van der Waals surface area contributed by atoms with Crippen LogP contribution in [0.5, 0.6) is 0 Å². The monoisotopic (exact) mass is 239 g/mol. The van der Waals surface area contributed by atoms with E-state index in [-0.39, 0.29) is 5.82 Å². The van der Waals surface area contributed by atoms with E-state index in [2.05, 4.69) is 18.7 Å². The van der Waals surface area contributed by atoms with Crippen LogP contribution < -0.4 is 0 Å². The molecule has 17 heavy (non-hydrogen) atoms. The molecule has 0 aliphatic heterocycles. The lowest BCUT2D eigenvalue weighted by Gasteiger charge is -2.22. The van der Waals surface area contributed by atoms with Crippen molar-refractivity contribution in [3.05, 3.63) is 35.1 Å². The average Bonchev–Trinajstić information content (AvgIpc) is 2.28. The van der Waals surface area contributed by atoms with Crippen molar-refractivity contribution in [1.82, 2.24) is 4.90 Å². The van der Waals surface area contributed by atoms with Crippen LogP contribution in [0.3, 0.4) is 0 Å². The predicted molar refractivity (Wildman–Crippen MR) is 68.5 cm³/mol. The Hall–Kier alpha value is -0.930. The standard InChI is InChI=1S/C14H22FNO/c1-10(2)16(4)8-7-14(17)12-6-5-11(3)13(15)9-12/h5-6,9-10,14,17H,7-8H2,1-4H3. The van der Waals surface area contributed by atoms with Gasteiger partial charge >= 0.3 is 0 Å². The molecule has 0 bridgehead atoms. The lowest BCUT2D eigenvalue weighted by atomic mass is 10.0. The molecule has 0 saturated heterocycles. The second kappa shape index (κ2) is 6.12. The highest BCUT2D eigenvalue weighted by atomic mass is 19.1. The minimum atomic E-state index is -0.591. The highest BCUT2D eigenvalue weighted by Crippen LogP contribution is 2.19. The van der Waals surface area contributed by atoms with Gasteiger partial charge in [-0.05, 0) is 51.4 Å². The number of aliphatic hydroxyl groups is 1. The molecule has 1 unspecified atom stereocenters. The van der Waals surface area contributed by atoms with E-state index in [4.69, 9.17) is 0 Å². The van der Waals surface area contributed by atoms with Crippen LogP contribution in [0, 0.1) is 12.7 Å². The van der Waals surface area contributed by atoms with Crippen molar-refractivity contribution in [3.8, 4) is 0 Å². The molecular weight excluding hydrogens is 217 g/mol. The fourth-order valence-corrected chi connectivity index (χ4v) is 1.57. The molecule has 0 aliphatic rings. The molecule has 0 saturated carbocycles. The molecule has 0 heterocycles. The summed E-state index contributed by atoms with van der Waals surface area (Å²) >= 11 is 0.